The van der Waals surface area contributed by atoms with Crippen molar-refractivity contribution in [1.82, 2.24) is 45.7 Å². The van der Waals surface area contributed by atoms with E-state index in [0.29, 0.717) is 80.1 Å². The molecule has 0 radical (unpaired) electrons. The fraction of sp³-hybridized carbons (Fsp3) is 0.379. The molecule has 3 aromatic heterocycles. The number of pyridine rings is 1. The van der Waals surface area contributed by atoms with Crippen LogP contribution in [0.25, 0.3) is 33.0 Å². The van der Waals surface area contributed by atoms with Crippen molar-refractivity contribution in [3.63, 3.8) is 0 Å². The maximum Gasteiger partial charge on any atom is 0.274 e. The number of anilines is 2. The Morgan fingerprint density at radius 1 is 0.924 bits per heavy atom. The third-order valence-corrected chi connectivity index (χ3v) is 15.0. The van der Waals surface area contributed by atoms with Crippen LogP contribution < -0.4 is 30.9 Å². The van der Waals surface area contributed by atoms with Crippen molar-refractivity contribution in [3.8, 4) is 44.8 Å². The molecule has 2 fully saturated rings. The van der Waals surface area contributed by atoms with Crippen LogP contribution in [0.15, 0.2) is 96.9 Å². The highest BCUT2D eigenvalue weighted by molar-refractivity contribution is 7.13. The number of piperazine rings is 1. The first-order valence-corrected chi connectivity index (χ1v) is 27.1. The Bertz CT molecular complexity index is 3210. The molecule has 5 N–H and O–H groups in total. The van der Waals surface area contributed by atoms with Crippen LogP contribution >= 0.6 is 11.3 Å². The summed E-state index contributed by atoms with van der Waals surface area (Å²) in [5.74, 6) is -2.20. The molecule has 2 saturated heterocycles. The number of carbonyl (C=O) groups excluding carboxylic acids is 5. The summed E-state index contributed by atoms with van der Waals surface area (Å²) < 4.78 is 20.3. The Morgan fingerprint density at radius 3 is 2.42 bits per heavy atom. The summed E-state index contributed by atoms with van der Waals surface area (Å²) in [5.41, 5.74) is 6.94. The highest BCUT2D eigenvalue weighted by Crippen LogP contribution is 2.35. The number of unbranched alkanes of at least 4 members (excludes halogenated alkanes) is 2. The number of β-amino-alcohol motifs (C(OH)–C–C–N with tert-alkyl or cyclic N) is 1. The average molecular weight is 1090 g/mol. The van der Waals surface area contributed by atoms with Gasteiger partial charge >= 0.3 is 0 Å². The van der Waals surface area contributed by atoms with Gasteiger partial charge in [0.2, 0.25) is 23.6 Å². The number of aliphatic hydroxyl groups excluding tert-OH is 1. The smallest absolute Gasteiger partial charge is 0.274 e. The number of rotatable bonds is 20. The Hall–Kier alpha value is -8.19. The Balaban J connectivity index is 0.793. The molecule has 8 rings (SSSR count). The van der Waals surface area contributed by atoms with E-state index in [2.05, 4.69) is 52.2 Å². The van der Waals surface area contributed by atoms with Crippen molar-refractivity contribution in [1.29, 1.82) is 5.26 Å². The first kappa shape index (κ1) is 57.0. The van der Waals surface area contributed by atoms with Gasteiger partial charge in [0.25, 0.3) is 5.91 Å². The van der Waals surface area contributed by atoms with Crippen LogP contribution in [0.5, 0.6) is 5.75 Å². The van der Waals surface area contributed by atoms with E-state index >= 15 is 0 Å². The minimum absolute atomic E-state index is 0.000242. The number of ether oxygens (including phenoxy) is 1. The van der Waals surface area contributed by atoms with E-state index in [0.717, 1.165) is 21.7 Å². The summed E-state index contributed by atoms with van der Waals surface area (Å²) in [6.45, 7) is 10.4. The van der Waals surface area contributed by atoms with Crippen molar-refractivity contribution in [3.05, 3.63) is 125 Å². The average Bonchev–Trinajstić information content (AvgIpc) is 4.14. The first-order valence-electron chi connectivity index (χ1n) is 26.3. The SMILES string of the molecule is COc1cccc(F)c1-c1nccc(C(=O)Nc2ccc(-c3cnccc3C#N)cc2N2CCN(CC(=O)NCCCCCC(=O)N[C@H](C(=O)N3C[C@H](O)C[C@H]3C(=O)NCc3ccc(-c4scnc4C)cc3)C(C)(C)C)CC2)n1. The molecule has 21 heteroatoms. The maximum atomic E-state index is 15.0. The fourth-order valence-corrected chi connectivity index (χ4v) is 10.5. The number of aromatic nitrogens is 4. The zero-order chi connectivity index (χ0) is 56.2. The molecule has 2 aliphatic heterocycles. The number of aryl methyl sites for hydroxylation is 1. The summed E-state index contributed by atoms with van der Waals surface area (Å²) in [5, 5.41) is 32.3. The molecule has 3 atom stereocenters. The molecule has 412 valence electrons. The summed E-state index contributed by atoms with van der Waals surface area (Å²) >= 11 is 1.56. The molecule has 0 saturated carbocycles. The predicted molar refractivity (Wildman–Crippen MR) is 298 cm³/mol. The van der Waals surface area contributed by atoms with Crippen molar-refractivity contribution < 1.29 is 38.2 Å². The lowest BCUT2D eigenvalue weighted by molar-refractivity contribution is -0.144. The number of benzene rings is 3. The van der Waals surface area contributed by atoms with Crippen LogP contribution in [0.3, 0.4) is 0 Å². The maximum absolute atomic E-state index is 15.0. The number of nitrogens with one attached hydrogen (secondary N) is 4. The number of thiazole rings is 1. The number of methoxy groups -OCH3 is 1. The van der Waals surface area contributed by atoms with Crippen molar-refractivity contribution in [2.45, 2.75) is 84.5 Å². The normalized spacial score (nSPS) is 15.9. The molecular weight excluding hydrogens is 1030 g/mol. The van der Waals surface area contributed by atoms with Gasteiger partial charge in [-0.2, -0.15) is 5.26 Å². The number of hydrogen-bond donors (Lipinski definition) is 5. The molecule has 0 spiro atoms. The molecule has 5 amide bonds. The first-order chi connectivity index (χ1) is 38.0. The van der Waals surface area contributed by atoms with Gasteiger partial charge in [-0.05, 0) is 78.3 Å². The van der Waals surface area contributed by atoms with Gasteiger partial charge in [-0.25, -0.2) is 19.3 Å². The number of carbonyl (C=O) groups is 5. The van der Waals surface area contributed by atoms with Crippen LogP contribution in [-0.4, -0.2) is 135 Å². The van der Waals surface area contributed by atoms with Gasteiger partial charge in [0.05, 0.1) is 64.4 Å². The van der Waals surface area contributed by atoms with E-state index < -0.39 is 41.2 Å². The zero-order valence-corrected chi connectivity index (χ0v) is 45.7. The molecular formula is C58H65FN12O7S. The Labute approximate surface area is 462 Å². The Morgan fingerprint density at radius 2 is 1.70 bits per heavy atom. The number of likely N-dealkylation sites (tertiary alicyclic amines) is 1. The number of nitrogens with zero attached hydrogens (tertiary/aromatic N) is 8. The second-order valence-corrected chi connectivity index (χ2v) is 21.5. The van der Waals surface area contributed by atoms with Gasteiger partial charge in [0.1, 0.15) is 29.3 Å². The lowest BCUT2D eigenvalue weighted by Gasteiger charge is -2.36. The summed E-state index contributed by atoms with van der Waals surface area (Å²) in [4.78, 5) is 91.7. The van der Waals surface area contributed by atoms with E-state index in [1.807, 2.05) is 62.9 Å². The van der Waals surface area contributed by atoms with Crippen LogP contribution in [0.4, 0.5) is 15.8 Å². The molecule has 3 aromatic carbocycles. The highest BCUT2D eigenvalue weighted by atomic mass is 32.1. The van der Waals surface area contributed by atoms with Crippen molar-refractivity contribution in [2.75, 3.05) is 63.1 Å². The minimum atomic E-state index is -0.939. The largest absolute Gasteiger partial charge is 0.496 e. The number of nitriles is 1. The van der Waals surface area contributed by atoms with Crippen LogP contribution in [0.1, 0.15) is 80.2 Å². The molecule has 19 nitrogen and oxygen atoms in total. The molecule has 0 unspecified atom stereocenters. The second-order valence-electron chi connectivity index (χ2n) is 20.7. The summed E-state index contributed by atoms with van der Waals surface area (Å²) in [6.07, 6.45) is 5.72. The van der Waals surface area contributed by atoms with Crippen LogP contribution in [0, 0.1) is 29.5 Å². The Kier molecular flexibility index (Phi) is 18.7. The van der Waals surface area contributed by atoms with Gasteiger partial charge in [-0.1, -0.05) is 63.6 Å². The third-order valence-electron chi connectivity index (χ3n) is 14.0. The highest BCUT2D eigenvalue weighted by Gasteiger charge is 2.44. The van der Waals surface area contributed by atoms with E-state index in [1.54, 1.807) is 53.5 Å². The summed E-state index contributed by atoms with van der Waals surface area (Å²) in [7, 11) is 1.41. The van der Waals surface area contributed by atoms with Gasteiger partial charge in [0.15, 0.2) is 5.82 Å². The van der Waals surface area contributed by atoms with Crippen LogP contribution in [0.2, 0.25) is 0 Å². The third kappa shape index (κ3) is 14.3. The topological polar surface area (TPSA) is 248 Å². The lowest BCUT2D eigenvalue weighted by Crippen LogP contribution is -2.57. The molecule has 2 aliphatic rings. The summed E-state index contributed by atoms with van der Waals surface area (Å²) in [6, 6.07) is 21.1. The van der Waals surface area contributed by atoms with Gasteiger partial charge in [-0.15, -0.1) is 11.3 Å². The van der Waals surface area contributed by atoms with Crippen molar-refractivity contribution >= 4 is 52.2 Å². The number of hydrogen-bond acceptors (Lipinski definition) is 15. The molecule has 79 heavy (non-hydrogen) atoms. The zero-order valence-electron chi connectivity index (χ0n) is 44.9. The number of halogens is 1. The van der Waals surface area contributed by atoms with Crippen LogP contribution in [-0.2, 0) is 25.7 Å². The van der Waals surface area contributed by atoms with Gasteiger partial charge in [0, 0.05) is 82.8 Å². The molecule has 6 aromatic rings. The quantitative estimate of drug-likeness (QED) is 0.0511. The molecule has 0 bridgehead atoms. The van der Waals surface area contributed by atoms with E-state index in [1.165, 1.54) is 36.4 Å². The van der Waals surface area contributed by atoms with E-state index in [-0.39, 0.29) is 73.0 Å². The lowest BCUT2D eigenvalue weighted by atomic mass is 9.85. The number of amides is 5. The molecule has 5 heterocycles. The van der Waals surface area contributed by atoms with Crippen molar-refractivity contribution in [2.24, 2.45) is 5.41 Å². The van der Waals surface area contributed by atoms with E-state index in [9.17, 15) is 38.7 Å². The van der Waals surface area contributed by atoms with E-state index in [4.69, 9.17) is 4.74 Å². The fourth-order valence-electron chi connectivity index (χ4n) is 9.71. The van der Waals surface area contributed by atoms with Gasteiger partial charge in [-0.3, -0.25) is 33.9 Å². The number of aliphatic hydroxyl groups is 1. The second kappa shape index (κ2) is 26.0. The molecule has 0 aliphatic carbocycles. The monoisotopic (exact) mass is 1090 g/mol. The van der Waals surface area contributed by atoms with Gasteiger partial charge < -0.3 is 40.9 Å². The standard InChI is InChI=1S/C58H65FN12O7S/c1-36-52(79-35-65-36)38-15-13-37(14-16-38)31-64-56(76)47-29-41(72)33-71(47)57(77)53(58(2,3)4)68-49(73)12-7-6-8-21-62-50(74)34-69-24-26-70(27-25-69)46-28-39(42-32-61-22-19-40(42)30-60)17-18-44(46)67-55(75)45-20-23-63-54(66-45)51-43(59)10-9-11-48(51)78-5/h9-11,13-20,22-23,28,32,35,41,47,53,72H,6-8,12,21,24-27,29,31,33-34H2,1-5H3,(H,62,74)(H,64,76)(H,67,75)(H,68,73)/t41-,47+,53-/m1/s1. The minimum Gasteiger partial charge on any atom is -0.496 e. The predicted octanol–water partition coefficient (Wildman–Crippen LogP) is 6.52.